The van der Waals surface area contributed by atoms with Crippen molar-refractivity contribution in [3.63, 3.8) is 0 Å². The largest absolute Gasteiger partial charge is 0.366 e. The molecule has 1 saturated carbocycles. The molecule has 94 valence electrons. The molecule has 3 heteroatoms. The molecular weight excluding hydrogens is 222 g/mol. The maximum absolute atomic E-state index is 4.40. The number of hydrogen-bond donors (Lipinski definition) is 1. The van der Waals surface area contributed by atoms with Gasteiger partial charge in [-0.15, -0.1) is 0 Å². The minimum absolute atomic E-state index is 0.305. The van der Waals surface area contributed by atoms with Crippen LogP contribution in [0.3, 0.4) is 0 Å². The molecule has 3 rings (SSSR count). The van der Waals surface area contributed by atoms with Crippen molar-refractivity contribution >= 4 is 16.7 Å². The highest BCUT2D eigenvalue weighted by Crippen LogP contribution is 2.63. The molecule has 0 saturated heterocycles. The van der Waals surface area contributed by atoms with Crippen LogP contribution in [0.5, 0.6) is 0 Å². The summed E-state index contributed by atoms with van der Waals surface area (Å²) in [5.74, 6) is 0.948. The quantitative estimate of drug-likeness (QED) is 0.874. The van der Waals surface area contributed by atoms with Crippen LogP contribution in [0.25, 0.3) is 10.9 Å². The third kappa shape index (κ3) is 1.43. The van der Waals surface area contributed by atoms with Crippen LogP contribution in [0, 0.1) is 10.8 Å². The molecular formula is C15H19N3. The zero-order valence-corrected chi connectivity index (χ0v) is 11.4. The Balaban J connectivity index is 1.98. The van der Waals surface area contributed by atoms with Crippen LogP contribution in [0.1, 0.15) is 27.7 Å². The summed E-state index contributed by atoms with van der Waals surface area (Å²) >= 11 is 0. The van der Waals surface area contributed by atoms with Crippen molar-refractivity contribution in [3.8, 4) is 0 Å². The molecule has 1 aliphatic carbocycles. The zero-order chi connectivity index (χ0) is 13.0. The van der Waals surface area contributed by atoms with E-state index in [1.54, 1.807) is 6.33 Å². The number of rotatable bonds is 2. The second kappa shape index (κ2) is 3.44. The molecule has 1 aliphatic rings. The monoisotopic (exact) mass is 241 g/mol. The third-order valence-electron chi connectivity index (χ3n) is 4.84. The number of para-hydroxylation sites is 1. The van der Waals surface area contributed by atoms with Gasteiger partial charge in [-0.2, -0.15) is 0 Å². The Bertz CT molecular complexity index is 582. The summed E-state index contributed by atoms with van der Waals surface area (Å²) in [4.78, 5) is 8.69. The lowest BCUT2D eigenvalue weighted by Gasteiger charge is -2.09. The van der Waals surface area contributed by atoms with Crippen LogP contribution < -0.4 is 5.32 Å². The van der Waals surface area contributed by atoms with Gasteiger partial charge < -0.3 is 5.32 Å². The second-order valence-electron chi connectivity index (χ2n) is 6.26. The SMILES string of the molecule is CC1(C)C(Nc2ncnc3ccccc23)C1(C)C. The molecule has 0 radical (unpaired) electrons. The molecule has 1 fully saturated rings. The molecule has 0 unspecified atom stereocenters. The first-order valence-corrected chi connectivity index (χ1v) is 6.41. The van der Waals surface area contributed by atoms with Crippen LogP contribution in [-0.2, 0) is 0 Å². The van der Waals surface area contributed by atoms with Crippen molar-refractivity contribution in [2.75, 3.05) is 5.32 Å². The molecule has 3 nitrogen and oxygen atoms in total. The molecule has 0 atom stereocenters. The Morgan fingerprint density at radius 2 is 1.67 bits per heavy atom. The molecule has 1 aromatic carbocycles. The second-order valence-corrected chi connectivity index (χ2v) is 6.26. The molecule has 0 bridgehead atoms. The van der Waals surface area contributed by atoms with Crippen molar-refractivity contribution in [1.29, 1.82) is 0 Å². The normalized spacial score (nSPS) is 20.9. The number of anilines is 1. The maximum Gasteiger partial charge on any atom is 0.137 e. The summed E-state index contributed by atoms with van der Waals surface area (Å²) in [6.07, 6.45) is 1.63. The van der Waals surface area contributed by atoms with Crippen molar-refractivity contribution in [2.45, 2.75) is 33.7 Å². The Morgan fingerprint density at radius 1 is 1.00 bits per heavy atom. The van der Waals surface area contributed by atoms with Crippen LogP contribution in [0.2, 0.25) is 0 Å². The summed E-state index contributed by atoms with van der Waals surface area (Å²) in [5.41, 5.74) is 1.60. The molecule has 1 aromatic heterocycles. The van der Waals surface area contributed by atoms with Crippen molar-refractivity contribution in [3.05, 3.63) is 30.6 Å². The van der Waals surface area contributed by atoms with Crippen molar-refractivity contribution < 1.29 is 0 Å². The first-order valence-electron chi connectivity index (χ1n) is 6.41. The fraction of sp³-hybridized carbons (Fsp3) is 0.467. The summed E-state index contributed by atoms with van der Waals surface area (Å²) in [6.45, 7) is 9.20. The molecule has 1 N–H and O–H groups in total. The van der Waals surface area contributed by atoms with E-state index in [1.807, 2.05) is 18.2 Å². The van der Waals surface area contributed by atoms with Crippen LogP contribution >= 0.6 is 0 Å². The number of hydrogen-bond acceptors (Lipinski definition) is 3. The van der Waals surface area contributed by atoms with Gasteiger partial charge in [-0.25, -0.2) is 9.97 Å². The Morgan fingerprint density at radius 3 is 2.33 bits per heavy atom. The van der Waals surface area contributed by atoms with Gasteiger partial charge in [0.05, 0.1) is 5.52 Å². The van der Waals surface area contributed by atoms with Crippen molar-refractivity contribution in [1.82, 2.24) is 9.97 Å². The number of benzene rings is 1. The van der Waals surface area contributed by atoms with Gasteiger partial charge in [-0.3, -0.25) is 0 Å². The number of fused-ring (bicyclic) bond motifs is 1. The van der Waals surface area contributed by atoms with E-state index in [-0.39, 0.29) is 0 Å². The Hall–Kier alpha value is -1.64. The lowest BCUT2D eigenvalue weighted by molar-refractivity contribution is 0.457. The highest BCUT2D eigenvalue weighted by atomic mass is 15.1. The zero-order valence-electron chi connectivity index (χ0n) is 11.4. The highest BCUT2D eigenvalue weighted by Gasteiger charge is 2.65. The van der Waals surface area contributed by atoms with E-state index in [1.165, 1.54) is 0 Å². The Labute approximate surface area is 108 Å². The molecule has 0 aliphatic heterocycles. The lowest BCUT2D eigenvalue weighted by atomic mass is 10.0. The van der Waals surface area contributed by atoms with Crippen LogP contribution in [0.4, 0.5) is 5.82 Å². The van der Waals surface area contributed by atoms with E-state index in [2.05, 4.69) is 49.0 Å². The average molecular weight is 241 g/mol. The van der Waals surface area contributed by atoms with Gasteiger partial charge in [0.2, 0.25) is 0 Å². The van der Waals surface area contributed by atoms with E-state index >= 15 is 0 Å². The van der Waals surface area contributed by atoms with Gasteiger partial charge in [-0.05, 0) is 23.0 Å². The van der Waals surface area contributed by atoms with Gasteiger partial charge in [0.15, 0.2) is 0 Å². The average Bonchev–Trinajstić information content (AvgIpc) is 2.72. The molecule has 0 amide bonds. The van der Waals surface area contributed by atoms with Gasteiger partial charge in [0, 0.05) is 11.4 Å². The highest BCUT2D eigenvalue weighted by molar-refractivity contribution is 5.88. The molecule has 2 aromatic rings. The minimum Gasteiger partial charge on any atom is -0.366 e. The van der Waals surface area contributed by atoms with E-state index in [0.717, 1.165) is 16.7 Å². The molecule has 1 heterocycles. The summed E-state index contributed by atoms with van der Waals surface area (Å²) in [5, 5.41) is 4.68. The number of nitrogens with one attached hydrogen (secondary N) is 1. The van der Waals surface area contributed by atoms with Gasteiger partial charge >= 0.3 is 0 Å². The van der Waals surface area contributed by atoms with E-state index in [9.17, 15) is 0 Å². The van der Waals surface area contributed by atoms with E-state index in [4.69, 9.17) is 0 Å². The fourth-order valence-electron chi connectivity index (χ4n) is 2.81. The maximum atomic E-state index is 4.40. The predicted octanol–water partition coefficient (Wildman–Crippen LogP) is 3.48. The standard InChI is InChI=1S/C15H19N3/c1-14(2)13(15(14,3)4)18-12-10-7-5-6-8-11(10)16-9-17-12/h5-9,13H,1-4H3,(H,16,17,18). The molecule has 0 spiro atoms. The summed E-state index contributed by atoms with van der Waals surface area (Å²) in [7, 11) is 0. The lowest BCUT2D eigenvalue weighted by Crippen LogP contribution is -2.11. The fourth-order valence-corrected chi connectivity index (χ4v) is 2.81. The summed E-state index contributed by atoms with van der Waals surface area (Å²) in [6, 6.07) is 8.58. The number of aromatic nitrogens is 2. The van der Waals surface area contributed by atoms with E-state index in [0.29, 0.717) is 16.9 Å². The minimum atomic E-state index is 0.305. The van der Waals surface area contributed by atoms with Gasteiger partial charge in [-0.1, -0.05) is 39.8 Å². The number of nitrogens with zero attached hydrogens (tertiary/aromatic N) is 2. The van der Waals surface area contributed by atoms with Gasteiger partial charge in [0.1, 0.15) is 12.1 Å². The smallest absolute Gasteiger partial charge is 0.137 e. The van der Waals surface area contributed by atoms with E-state index < -0.39 is 0 Å². The Kier molecular flexibility index (Phi) is 2.19. The predicted molar refractivity (Wildman–Crippen MR) is 74.5 cm³/mol. The van der Waals surface area contributed by atoms with Crippen molar-refractivity contribution in [2.24, 2.45) is 10.8 Å². The topological polar surface area (TPSA) is 37.8 Å². The summed E-state index contributed by atoms with van der Waals surface area (Å²) < 4.78 is 0. The first-order chi connectivity index (χ1) is 8.44. The molecule has 18 heavy (non-hydrogen) atoms. The van der Waals surface area contributed by atoms with Crippen LogP contribution in [0.15, 0.2) is 30.6 Å². The van der Waals surface area contributed by atoms with Gasteiger partial charge in [0.25, 0.3) is 0 Å². The third-order valence-corrected chi connectivity index (χ3v) is 4.84. The first kappa shape index (κ1) is 11.5. The van der Waals surface area contributed by atoms with Crippen LogP contribution in [-0.4, -0.2) is 16.0 Å².